The van der Waals surface area contributed by atoms with E-state index in [-0.39, 0.29) is 0 Å². The molecule has 0 aliphatic carbocycles. The van der Waals surface area contributed by atoms with Gasteiger partial charge >= 0.3 is 0 Å². The van der Waals surface area contributed by atoms with Gasteiger partial charge in [0.1, 0.15) is 5.78 Å². The van der Waals surface area contributed by atoms with Crippen LogP contribution in [0.25, 0.3) is 0 Å². The predicted octanol–water partition coefficient (Wildman–Crippen LogP) is 1.46. The molecule has 2 unspecified atom stereocenters. The van der Waals surface area contributed by atoms with E-state index in [0.717, 1.165) is 0 Å². The molecule has 0 saturated heterocycles. The Morgan fingerprint density at radius 2 is 2.60 bits per heavy atom. The highest BCUT2D eigenvalue weighted by Gasteiger charge is 2.08. The summed E-state index contributed by atoms with van der Waals surface area (Å²) in [6.07, 6.45) is 1.90. The van der Waals surface area contributed by atoms with Crippen molar-refractivity contribution in [2.45, 2.75) is 12.2 Å². The van der Waals surface area contributed by atoms with Crippen LogP contribution in [0.2, 0.25) is 0 Å². The van der Waals surface area contributed by atoms with Gasteiger partial charge in [-0.2, -0.15) is 0 Å². The first-order valence-corrected chi connectivity index (χ1v) is 4.47. The SMILES string of the molecule is C=CCC(N=C=S)[PH](=O)O. The first kappa shape index (κ1) is 9.73. The zero-order valence-electron chi connectivity index (χ0n) is 5.28. The Balaban J connectivity index is 4.10. The molecule has 3 nitrogen and oxygen atoms in total. The summed E-state index contributed by atoms with van der Waals surface area (Å²) in [5.74, 6) is -0.625. The maximum Gasteiger partial charge on any atom is 0.214 e. The third-order valence-electron chi connectivity index (χ3n) is 0.884. The number of rotatable bonds is 4. The maximum atomic E-state index is 10.4. The number of thiocarbonyl (C=S) groups is 1. The summed E-state index contributed by atoms with van der Waals surface area (Å²) >= 11 is 4.28. The summed E-state index contributed by atoms with van der Waals surface area (Å²) in [6, 6.07) is 0. The molecule has 0 rings (SSSR count). The molecule has 0 bridgehead atoms. The van der Waals surface area contributed by atoms with Crippen molar-refractivity contribution in [3.05, 3.63) is 12.7 Å². The van der Waals surface area contributed by atoms with Gasteiger partial charge in [-0.05, 0) is 18.6 Å². The van der Waals surface area contributed by atoms with Crippen molar-refractivity contribution in [3.8, 4) is 0 Å². The zero-order chi connectivity index (χ0) is 7.98. The van der Waals surface area contributed by atoms with Crippen molar-refractivity contribution >= 4 is 25.4 Å². The molecule has 0 radical (unpaired) electrons. The largest absolute Gasteiger partial charge is 0.345 e. The fourth-order valence-electron chi connectivity index (χ4n) is 0.430. The van der Waals surface area contributed by atoms with E-state index in [0.29, 0.717) is 6.42 Å². The molecule has 56 valence electrons. The van der Waals surface area contributed by atoms with Gasteiger partial charge in [0.15, 0.2) is 0 Å². The van der Waals surface area contributed by atoms with Crippen LogP contribution in [-0.2, 0) is 4.57 Å². The lowest BCUT2D eigenvalue weighted by atomic mass is 10.4. The van der Waals surface area contributed by atoms with E-state index in [1.807, 2.05) is 0 Å². The van der Waals surface area contributed by atoms with Crippen molar-refractivity contribution in [1.29, 1.82) is 0 Å². The fourth-order valence-corrected chi connectivity index (χ4v) is 1.19. The minimum absolute atomic E-state index is 0.373. The maximum absolute atomic E-state index is 10.4. The number of aliphatic imine (C=N–C) groups is 1. The summed E-state index contributed by atoms with van der Waals surface area (Å²) in [5.41, 5.74) is 0. The molecule has 0 spiro atoms. The van der Waals surface area contributed by atoms with Crippen LogP contribution in [0.4, 0.5) is 0 Å². The zero-order valence-corrected chi connectivity index (χ0v) is 7.10. The van der Waals surface area contributed by atoms with Crippen molar-refractivity contribution in [2.24, 2.45) is 4.99 Å². The molecule has 0 amide bonds. The van der Waals surface area contributed by atoms with Crippen molar-refractivity contribution < 1.29 is 9.46 Å². The van der Waals surface area contributed by atoms with E-state index in [9.17, 15) is 4.57 Å². The molecule has 0 heterocycles. The van der Waals surface area contributed by atoms with E-state index in [1.165, 1.54) is 6.08 Å². The molecule has 0 fully saturated rings. The number of nitrogens with zero attached hydrogens (tertiary/aromatic N) is 1. The van der Waals surface area contributed by atoms with Crippen LogP contribution >= 0.6 is 20.2 Å². The molecular weight excluding hydrogens is 169 g/mol. The van der Waals surface area contributed by atoms with Gasteiger partial charge < -0.3 is 4.89 Å². The molecule has 0 aliphatic heterocycles. The van der Waals surface area contributed by atoms with Crippen LogP contribution in [0.3, 0.4) is 0 Å². The van der Waals surface area contributed by atoms with Gasteiger partial charge in [-0.1, -0.05) is 6.08 Å². The Labute approximate surface area is 65.3 Å². The highest BCUT2D eigenvalue weighted by molar-refractivity contribution is 7.78. The van der Waals surface area contributed by atoms with E-state index in [4.69, 9.17) is 4.89 Å². The lowest BCUT2D eigenvalue weighted by Crippen LogP contribution is -1.94. The average molecular weight is 177 g/mol. The Morgan fingerprint density at radius 1 is 2.00 bits per heavy atom. The second-order valence-corrected chi connectivity index (χ2v) is 3.12. The molecule has 10 heavy (non-hydrogen) atoms. The Bertz CT molecular complexity index is 186. The highest BCUT2D eigenvalue weighted by atomic mass is 32.1. The standard InChI is InChI=1S/C5H8NO2PS/c1-2-3-5(6-4-10)9(7)8/h2,5,9H,1,3H2,(H,7,8). The molecule has 1 N–H and O–H groups in total. The minimum atomic E-state index is -2.62. The van der Waals surface area contributed by atoms with Gasteiger partial charge in [0, 0.05) is 0 Å². The lowest BCUT2D eigenvalue weighted by molar-refractivity contribution is 0.490. The van der Waals surface area contributed by atoms with Gasteiger partial charge in [-0.15, -0.1) is 6.58 Å². The summed E-state index contributed by atoms with van der Waals surface area (Å²) in [5, 5.41) is 2.06. The van der Waals surface area contributed by atoms with Crippen LogP contribution in [0.15, 0.2) is 17.6 Å². The van der Waals surface area contributed by atoms with Crippen LogP contribution < -0.4 is 0 Å². The molecule has 2 atom stereocenters. The summed E-state index contributed by atoms with van der Waals surface area (Å²) in [6.45, 7) is 3.41. The first-order valence-electron chi connectivity index (χ1n) is 2.63. The Morgan fingerprint density at radius 3 is 2.90 bits per heavy atom. The molecular formula is C5H8NO2PS. The molecule has 5 heteroatoms. The molecule has 0 aromatic carbocycles. The topological polar surface area (TPSA) is 49.7 Å². The number of hydrogen-bond donors (Lipinski definition) is 1. The molecule has 0 aromatic heterocycles. The van der Waals surface area contributed by atoms with Crippen molar-refractivity contribution in [3.63, 3.8) is 0 Å². The minimum Gasteiger partial charge on any atom is -0.345 e. The lowest BCUT2D eigenvalue weighted by Gasteiger charge is -2.00. The number of isothiocyanates is 1. The molecule has 0 saturated carbocycles. The van der Waals surface area contributed by atoms with E-state index in [1.54, 1.807) is 0 Å². The van der Waals surface area contributed by atoms with Crippen LogP contribution in [0.5, 0.6) is 0 Å². The second kappa shape index (κ2) is 5.51. The normalized spacial score (nSPS) is 14.9. The smallest absolute Gasteiger partial charge is 0.214 e. The van der Waals surface area contributed by atoms with Crippen LogP contribution in [0, 0.1) is 0 Å². The van der Waals surface area contributed by atoms with Crippen LogP contribution in [-0.4, -0.2) is 15.8 Å². The average Bonchev–Trinajstić information content (AvgIpc) is 1.87. The van der Waals surface area contributed by atoms with E-state index >= 15 is 0 Å². The van der Waals surface area contributed by atoms with Gasteiger partial charge in [0.25, 0.3) is 0 Å². The monoisotopic (exact) mass is 177 g/mol. The van der Waals surface area contributed by atoms with Gasteiger partial charge in [-0.3, -0.25) is 4.57 Å². The summed E-state index contributed by atoms with van der Waals surface area (Å²) in [4.78, 5) is 12.1. The number of hydrogen-bond acceptors (Lipinski definition) is 3. The van der Waals surface area contributed by atoms with Crippen molar-refractivity contribution in [1.82, 2.24) is 0 Å². The fraction of sp³-hybridized carbons (Fsp3) is 0.400. The quantitative estimate of drug-likeness (QED) is 0.306. The Hall–Kier alpha value is -0.270. The van der Waals surface area contributed by atoms with E-state index in [2.05, 4.69) is 29.0 Å². The third-order valence-corrected chi connectivity index (χ3v) is 1.92. The predicted molar refractivity (Wildman–Crippen MR) is 44.8 cm³/mol. The van der Waals surface area contributed by atoms with Gasteiger partial charge in [0.05, 0.1) is 5.16 Å². The van der Waals surface area contributed by atoms with Gasteiger partial charge in [0.2, 0.25) is 8.03 Å². The summed E-state index contributed by atoms with van der Waals surface area (Å²) < 4.78 is 10.4. The molecule has 0 aliphatic rings. The second-order valence-electron chi connectivity index (χ2n) is 1.60. The summed E-state index contributed by atoms with van der Waals surface area (Å²) in [7, 11) is -2.62. The van der Waals surface area contributed by atoms with Crippen molar-refractivity contribution in [2.75, 3.05) is 0 Å². The molecule has 0 aromatic rings. The first-order chi connectivity index (χ1) is 4.72. The Kier molecular flexibility index (Phi) is 5.36. The van der Waals surface area contributed by atoms with Crippen LogP contribution in [0.1, 0.15) is 6.42 Å². The highest BCUT2D eigenvalue weighted by Crippen LogP contribution is 2.25. The van der Waals surface area contributed by atoms with Gasteiger partial charge in [-0.25, -0.2) is 4.99 Å². The van der Waals surface area contributed by atoms with E-state index < -0.39 is 13.8 Å². The third kappa shape index (κ3) is 3.70.